The summed E-state index contributed by atoms with van der Waals surface area (Å²) in [5.41, 5.74) is 1.21. The summed E-state index contributed by atoms with van der Waals surface area (Å²) in [6.45, 7) is 0.891. The Morgan fingerprint density at radius 3 is 2.44 bits per heavy atom. The SMILES string of the molecule is COc1ccc(C(CBr)OCC2CCCC2)cc1. The van der Waals surface area contributed by atoms with Crippen molar-refractivity contribution < 1.29 is 9.47 Å². The summed E-state index contributed by atoms with van der Waals surface area (Å²) < 4.78 is 11.2. The first-order valence-electron chi connectivity index (χ1n) is 6.65. The van der Waals surface area contributed by atoms with E-state index >= 15 is 0 Å². The van der Waals surface area contributed by atoms with E-state index in [4.69, 9.17) is 9.47 Å². The van der Waals surface area contributed by atoms with Crippen molar-refractivity contribution in [3.8, 4) is 5.75 Å². The molecular formula is C15H21BrO2. The molecule has 3 heteroatoms. The number of hydrogen-bond donors (Lipinski definition) is 0. The normalized spacial score (nSPS) is 17.9. The summed E-state index contributed by atoms with van der Waals surface area (Å²) in [6, 6.07) is 8.15. The van der Waals surface area contributed by atoms with Crippen LogP contribution in [0.5, 0.6) is 5.75 Å². The van der Waals surface area contributed by atoms with E-state index in [1.165, 1.54) is 31.2 Å². The minimum absolute atomic E-state index is 0.150. The minimum atomic E-state index is 0.150. The van der Waals surface area contributed by atoms with Gasteiger partial charge in [-0.1, -0.05) is 40.9 Å². The van der Waals surface area contributed by atoms with Gasteiger partial charge in [0.1, 0.15) is 5.75 Å². The van der Waals surface area contributed by atoms with Gasteiger partial charge in [0.15, 0.2) is 0 Å². The molecule has 0 amide bonds. The molecule has 1 aliphatic carbocycles. The van der Waals surface area contributed by atoms with Crippen LogP contribution in [-0.2, 0) is 4.74 Å². The minimum Gasteiger partial charge on any atom is -0.497 e. The van der Waals surface area contributed by atoms with Crippen LogP contribution in [0.3, 0.4) is 0 Å². The van der Waals surface area contributed by atoms with Crippen LogP contribution >= 0.6 is 15.9 Å². The average molecular weight is 313 g/mol. The molecular weight excluding hydrogens is 292 g/mol. The highest BCUT2D eigenvalue weighted by atomic mass is 79.9. The van der Waals surface area contributed by atoms with Crippen LogP contribution in [0.2, 0.25) is 0 Å². The second-order valence-corrected chi connectivity index (χ2v) is 5.55. The zero-order valence-electron chi connectivity index (χ0n) is 10.9. The number of ether oxygens (including phenoxy) is 2. The molecule has 0 aliphatic heterocycles. The average Bonchev–Trinajstić information content (AvgIpc) is 2.93. The molecule has 0 spiro atoms. The molecule has 0 bridgehead atoms. The van der Waals surface area contributed by atoms with Gasteiger partial charge in [0, 0.05) is 5.33 Å². The van der Waals surface area contributed by atoms with E-state index in [2.05, 4.69) is 28.1 Å². The number of methoxy groups -OCH3 is 1. The first kappa shape index (κ1) is 13.9. The molecule has 1 aromatic carbocycles. The first-order chi connectivity index (χ1) is 8.83. The fourth-order valence-electron chi connectivity index (χ4n) is 2.48. The molecule has 1 aliphatic rings. The maximum atomic E-state index is 6.05. The van der Waals surface area contributed by atoms with Gasteiger partial charge in [-0.2, -0.15) is 0 Å². The van der Waals surface area contributed by atoms with E-state index in [-0.39, 0.29) is 6.10 Å². The summed E-state index contributed by atoms with van der Waals surface area (Å²) in [6.07, 6.45) is 5.55. The maximum absolute atomic E-state index is 6.05. The van der Waals surface area contributed by atoms with Gasteiger partial charge in [0.05, 0.1) is 19.8 Å². The second kappa shape index (κ2) is 7.15. The van der Waals surface area contributed by atoms with Crippen molar-refractivity contribution in [1.82, 2.24) is 0 Å². The van der Waals surface area contributed by atoms with Crippen LogP contribution in [-0.4, -0.2) is 19.0 Å². The number of benzene rings is 1. The smallest absolute Gasteiger partial charge is 0.118 e. The van der Waals surface area contributed by atoms with Gasteiger partial charge in [-0.3, -0.25) is 0 Å². The third-order valence-corrected chi connectivity index (χ3v) is 4.22. The molecule has 1 unspecified atom stereocenters. The van der Waals surface area contributed by atoms with Crippen LogP contribution in [0.15, 0.2) is 24.3 Å². The maximum Gasteiger partial charge on any atom is 0.118 e. The van der Waals surface area contributed by atoms with Crippen molar-refractivity contribution in [3.05, 3.63) is 29.8 Å². The number of hydrogen-bond acceptors (Lipinski definition) is 2. The molecule has 1 saturated carbocycles. The predicted molar refractivity (Wildman–Crippen MR) is 77.4 cm³/mol. The van der Waals surface area contributed by atoms with Gasteiger partial charge in [-0.25, -0.2) is 0 Å². The molecule has 100 valence electrons. The summed E-state index contributed by atoms with van der Waals surface area (Å²) in [4.78, 5) is 0. The third-order valence-electron chi connectivity index (χ3n) is 3.64. The quantitative estimate of drug-likeness (QED) is 0.728. The van der Waals surface area contributed by atoms with E-state index in [0.717, 1.165) is 23.6 Å². The van der Waals surface area contributed by atoms with Crippen LogP contribution in [0.1, 0.15) is 37.4 Å². The summed E-state index contributed by atoms with van der Waals surface area (Å²) in [5, 5.41) is 0.839. The Balaban J connectivity index is 1.89. The lowest BCUT2D eigenvalue weighted by atomic mass is 10.1. The topological polar surface area (TPSA) is 18.5 Å². The molecule has 2 nitrogen and oxygen atoms in total. The first-order valence-corrected chi connectivity index (χ1v) is 7.77. The van der Waals surface area contributed by atoms with Crippen LogP contribution in [0, 0.1) is 5.92 Å². The number of alkyl halides is 1. The Labute approximate surface area is 118 Å². The van der Waals surface area contributed by atoms with E-state index in [9.17, 15) is 0 Å². The Hall–Kier alpha value is -0.540. The molecule has 18 heavy (non-hydrogen) atoms. The Morgan fingerprint density at radius 1 is 1.22 bits per heavy atom. The molecule has 0 aromatic heterocycles. The van der Waals surface area contributed by atoms with Crippen molar-refractivity contribution in [3.63, 3.8) is 0 Å². The molecule has 0 radical (unpaired) electrons. The standard InChI is InChI=1S/C15H21BrO2/c1-17-14-8-6-13(7-9-14)15(10-16)18-11-12-4-2-3-5-12/h6-9,12,15H,2-5,10-11H2,1H3. The summed E-state index contributed by atoms with van der Waals surface area (Å²) >= 11 is 3.54. The molecule has 0 saturated heterocycles. The van der Waals surface area contributed by atoms with Crippen LogP contribution in [0.4, 0.5) is 0 Å². The largest absolute Gasteiger partial charge is 0.497 e. The predicted octanol–water partition coefficient (Wildman–Crippen LogP) is 4.34. The molecule has 1 aromatic rings. The zero-order chi connectivity index (χ0) is 12.8. The van der Waals surface area contributed by atoms with Gasteiger partial charge in [0.25, 0.3) is 0 Å². The van der Waals surface area contributed by atoms with Gasteiger partial charge >= 0.3 is 0 Å². The lowest BCUT2D eigenvalue weighted by molar-refractivity contribution is 0.0444. The van der Waals surface area contributed by atoms with Crippen molar-refractivity contribution in [2.45, 2.75) is 31.8 Å². The molecule has 0 heterocycles. The van der Waals surface area contributed by atoms with Crippen molar-refractivity contribution in [1.29, 1.82) is 0 Å². The second-order valence-electron chi connectivity index (χ2n) is 4.90. The van der Waals surface area contributed by atoms with Crippen LogP contribution in [0.25, 0.3) is 0 Å². The van der Waals surface area contributed by atoms with Crippen molar-refractivity contribution in [2.24, 2.45) is 5.92 Å². The molecule has 1 fully saturated rings. The number of halogens is 1. The fraction of sp³-hybridized carbons (Fsp3) is 0.600. The lowest BCUT2D eigenvalue weighted by Crippen LogP contribution is -2.12. The van der Waals surface area contributed by atoms with E-state index in [1.54, 1.807) is 7.11 Å². The molecule has 0 N–H and O–H groups in total. The van der Waals surface area contributed by atoms with Gasteiger partial charge in [0.2, 0.25) is 0 Å². The zero-order valence-corrected chi connectivity index (χ0v) is 12.5. The van der Waals surface area contributed by atoms with Gasteiger partial charge < -0.3 is 9.47 Å². The third kappa shape index (κ3) is 3.72. The number of rotatable bonds is 6. The Morgan fingerprint density at radius 2 is 1.89 bits per heavy atom. The highest BCUT2D eigenvalue weighted by Crippen LogP contribution is 2.28. The fourth-order valence-corrected chi connectivity index (χ4v) is 3.04. The van der Waals surface area contributed by atoms with Crippen LogP contribution < -0.4 is 4.74 Å². The summed E-state index contributed by atoms with van der Waals surface area (Å²) in [5.74, 6) is 1.66. The van der Waals surface area contributed by atoms with E-state index in [1.807, 2.05) is 12.1 Å². The Kier molecular flexibility index (Phi) is 5.51. The monoisotopic (exact) mass is 312 g/mol. The highest BCUT2D eigenvalue weighted by Gasteiger charge is 2.18. The Bertz CT molecular complexity index is 344. The van der Waals surface area contributed by atoms with Crippen molar-refractivity contribution >= 4 is 15.9 Å². The van der Waals surface area contributed by atoms with E-state index < -0.39 is 0 Å². The van der Waals surface area contributed by atoms with Crippen molar-refractivity contribution in [2.75, 3.05) is 19.0 Å². The van der Waals surface area contributed by atoms with Gasteiger partial charge in [-0.15, -0.1) is 0 Å². The lowest BCUT2D eigenvalue weighted by Gasteiger charge is -2.18. The molecule has 2 rings (SSSR count). The highest BCUT2D eigenvalue weighted by molar-refractivity contribution is 9.09. The molecule has 1 atom stereocenters. The van der Waals surface area contributed by atoms with Gasteiger partial charge in [-0.05, 0) is 36.5 Å². The van der Waals surface area contributed by atoms with E-state index in [0.29, 0.717) is 0 Å². The summed E-state index contributed by atoms with van der Waals surface area (Å²) in [7, 11) is 1.69.